The average molecular weight is 249 g/mol. The van der Waals surface area contributed by atoms with Crippen LogP contribution in [-0.2, 0) is 9.53 Å². The molecule has 1 aliphatic rings. The van der Waals surface area contributed by atoms with E-state index >= 15 is 0 Å². The van der Waals surface area contributed by atoms with Crippen molar-refractivity contribution >= 4 is 5.97 Å². The van der Waals surface area contributed by atoms with Crippen LogP contribution in [0, 0.1) is 5.92 Å². The second kappa shape index (κ2) is 6.27. The van der Waals surface area contributed by atoms with Gasteiger partial charge in [-0.3, -0.25) is 10.1 Å². The van der Waals surface area contributed by atoms with Crippen molar-refractivity contribution in [2.45, 2.75) is 37.9 Å². The second-order valence-electron chi connectivity index (χ2n) is 4.11. The lowest BCUT2D eigenvalue weighted by Crippen LogP contribution is -2.61. The van der Waals surface area contributed by atoms with E-state index < -0.39 is 30.5 Å². The van der Waals surface area contributed by atoms with E-state index in [2.05, 4.69) is 5.32 Å². The van der Waals surface area contributed by atoms with Crippen molar-refractivity contribution in [2.24, 2.45) is 5.92 Å². The molecule has 5 unspecified atom stereocenters. The fourth-order valence-electron chi connectivity index (χ4n) is 2.13. The summed E-state index contributed by atoms with van der Waals surface area (Å²) in [5.74, 6) is -1.42. The Labute approximate surface area is 99.0 Å². The molecule has 17 heavy (non-hydrogen) atoms. The molecular formula is C10H19NO6. The predicted octanol–water partition coefficient (Wildman–Crippen LogP) is -1.87. The summed E-state index contributed by atoms with van der Waals surface area (Å²) in [6, 6.07) is -0.862. The Morgan fingerprint density at radius 3 is 2.53 bits per heavy atom. The molecule has 5 N–H and O–H groups in total. The van der Waals surface area contributed by atoms with Gasteiger partial charge in [0.1, 0.15) is 0 Å². The molecule has 0 spiro atoms. The van der Waals surface area contributed by atoms with E-state index in [1.54, 1.807) is 0 Å². The molecule has 0 aromatic carbocycles. The van der Waals surface area contributed by atoms with Gasteiger partial charge in [0.15, 0.2) is 6.29 Å². The number of hydrogen-bond acceptors (Lipinski definition) is 6. The smallest absolute Gasteiger partial charge is 0.317 e. The summed E-state index contributed by atoms with van der Waals surface area (Å²) in [6.45, 7) is 1.16. The normalized spacial score (nSPS) is 38.0. The van der Waals surface area contributed by atoms with E-state index in [1.807, 2.05) is 6.92 Å². The van der Waals surface area contributed by atoms with E-state index in [1.165, 1.54) is 0 Å². The van der Waals surface area contributed by atoms with E-state index in [4.69, 9.17) is 14.9 Å². The molecule has 7 nitrogen and oxygen atoms in total. The van der Waals surface area contributed by atoms with Crippen molar-refractivity contribution in [3.63, 3.8) is 0 Å². The third kappa shape index (κ3) is 3.36. The fraction of sp³-hybridized carbons (Fsp3) is 0.900. The van der Waals surface area contributed by atoms with Crippen LogP contribution in [0.5, 0.6) is 0 Å². The molecule has 100 valence electrons. The van der Waals surface area contributed by atoms with Gasteiger partial charge in [0.2, 0.25) is 0 Å². The average Bonchev–Trinajstić information content (AvgIpc) is 2.27. The van der Waals surface area contributed by atoms with Gasteiger partial charge >= 0.3 is 5.97 Å². The van der Waals surface area contributed by atoms with Crippen LogP contribution in [0.25, 0.3) is 0 Å². The van der Waals surface area contributed by atoms with Crippen molar-refractivity contribution in [1.29, 1.82) is 0 Å². The lowest BCUT2D eigenvalue weighted by atomic mass is 9.86. The monoisotopic (exact) mass is 249 g/mol. The quantitative estimate of drug-likeness (QED) is 0.387. The van der Waals surface area contributed by atoms with Gasteiger partial charge in [-0.15, -0.1) is 0 Å². The van der Waals surface area contributed by atoms with Gasteiger partial charge in [0.25, 0.3) is 0 Å². The Morgan fingerprint density at radius 2 is 2.06 bits per heavy atom. The summed E-state index contributed by atoms with van der Waals surface area (Å²) in [7, 11) is 0. The molecule has 1 heterocycles. The number of carbonyl (C=O) groups is 1. The molecule has 0 saturated carbocycles. The Balaban J connectivity index is 2.67. The Morgan fingerprint density at radius 1 is 1.41 bits per heavy atom. The number of aliphatic hydroxyl groups is 3. The van der Waals surface area contributed by atoms with Crippen molar-refractivity contribution < 1.29 is 30.0 Å². The van der Waals surface area contributed by atoms with Crippen LogP contribution >= 0.6 is 0 Å². The highest BCUT2D eigenvalue weighted by Gasteiger charge is 2.43. The van der Waals surface area contributed by atoms with Gasteiger partial charge < -0.3 is 25.2 Å². The van der Waals surface area contributed by atoms with Gasteiger partial charge in [0.05, 0.1) is 31.4 Å². The molecule has 1 fully saturated rings. The first kappa shape index (κ1) is 14.3. The first-order valence-corrected chi connectivity index (χ1v) is 5.58. The SMILES string of the molecule is CCC1C(CO)OC(O)C(NCC(=O)O)C1O. The predicted molar refractivity (Wildman–Crippen MR) is 57.2 cm³/mol. The molecule has 0 amide bonds. The number of hydrogen-bond donors (Lipinski definition) is 5. The number of ether oxygens (including phenoxy) is 1. The Bertz CT molecular complexity index is 261. The van der Waals surface area contributed by atoms with Crippen LogP contribution in [0.4, 0.5) is 0 Å². The summed E-state index contributed by atoms with van der Waals surface area (Å²) in [6.07, 6.45) is -2.36. The molecule has 1 rings (SSSR count). The lowest BCUT2D eigenvalue weighted by Gasteiger charge is -2.42. The maximum absolute atomic E-state index is 10.4. The molecule has 7 heteroatoms. The minimum atomic E-state index is -1.33. The van der Waals surface area contributed by atoms with Gasteiger partial charge in [-0.2, -0.15) is 0 Å². The molecule has 0 aliphatic carbocycles. The van der Waals surface area contributed by atoms with Crippen LogP contribution < -0.4 is 5.32 Å². The van der Waals surface area contributed by atoms with Crippen molar-refractivity contribution in [3.05, 3.63) is 0 Å². The largest absolute Gasteiger partial charge is 0.480 e. The van der Waals surface area contributed by atoms with E-state index in [9.17, 15) is 15.0 Å². The third-order valence-corrected chi connectivity index (χ3v) is 3.05. The van der Waals surface area contributed by atoms with Crippen LogP contribution in [-0.4, -0.2) is 64.1 Å². The summed E-state index contributed by atoms with van der Waals surface area (Å²) >= 11 is 0. The van der Waals surface area contributed by atoms with E-state index in [0.717, 1.165) is 0 Å². The minimum Gasteiger partial charge on any atom is -0.480 e. The number of aliphatic hydroxyl groups excluding tert-OH is 3. The zero-order chi connectivity index (χ0) is 13.0. The van der Waals surface area contributed by atoms with Crippen LogP contribution in [0.2, 0.25) is 0 Å². The molecule has 0 radical (unpaired) electrons. The zero-order valence-corrected chi connectivity index (χ0v) is 9.61. The van der Waals surface area contributed by atoms with Crippen LogP contribution in [0.3, 0.4) is 0 Å². The van der Waals surface area contributed by atoms with Crippen molar-refractivity contribution in [2.75, 3.05) is 13.2 Å². The molecule has 1 saturated heterocycles. The number of aliphatic carboxylic acids is 1. The van der Waals surface area contributed by atoms with Crippen LogP contribution in [0.15, 0.2) is 0 Å². The first-order chi connectivity index (χ1) is 8.01. The van der Waals surface area contributed by atoms with E-state index in [0.29, 0.717) is 6.42 Å². The maximum atomic E-state index is 10.4. The molecule has 0 aromatic rings. The third-order valence-electron chi connectivity index (χ3n) is 3.05. The molecule has 0 bridgehead atoms. The van der Waals surface area contributed by atoms with Gasteiger partial charge in [-0.05, 0) is 6.42 Å². The number of nitrogens with one attached hydrogen (secondary N) is 1. The molecule has 5 atom stereocenters. The Kier molecular flexibility index (Phi) is 5.29. The summed E-state index contributed by atoms with van der Waals surface area (Å²) in [5, 5.41) is 39.8. The number of carboxylic acid groups (broad SMARTS) is 1. The summed E-state index contributed by atoms with van der Waals surface area (Å²) in [4.78, 5) is 10.4. The highest BCUT2D eigenvalue weighted by Crippen LogP contribution is 2.27. The van der Waals surface area contributed by atoms with Gasteiger partial charge in [-0.25, -0.2) is 0 Å². The number of carboxylic acids is 1. The second-order valence-corrected chi connectivity index (χ2v) is 4.11. The molecule has 1 aliphatic heterocycles. The summed E-state index contributed by atoms with van der Waals surface area (Å²) in [5.41, 5.74) is 0. The highest BCUT2D eigenvalue weighted by atomic mass is 16.6. The van der Waals surface area contributed by atoms with Gasteiger partial charge in [-0.1, -0.05) is 6.92 Å². The van der Waals surface area contributed by atoms with Crippen molar-refractivity contribution in [1.82, 2.24) is 5.32 Å². The minimum absolute atomic E-state index is 0.293. The van der Waals surface area contributed by atoms with E-state index in [-0.39, 0.29) is 19.1 Å². The van der Waals surface area contributed by atoms with Crippen LogP contribution in [0.1, 0.15) is 13.3 Å². The molecule has 0 aromatic heterocycles. The maximum Gasteiger partial charge on any atom is 0.317 e. The lowest BCUT2D eigenvalue weighted by molar-refractivity contribution is -0.239. The fourth-order valence-corrected chi connectivity index (χ4v) is 2.13. The van der Waals surface area contributed by atoms with Gasteiger partial charge in [0, 0.05) is 5.92 Å². The standard InChI is InChI=1S/C10H19NO6/c1-2-5-6(4-12)17-10(16)8(9(5)15)11-3-7(13)14/h5-6,8-12,15-16H,2-4H2,1H3,(H,13,14). The summed E-state index contributed by atoms with van der Waals surface area (Å²) < 4.78 is 5.14. The topological polar surface area (TPSA) is 119 Å². The van der Waals surface area contributed by atoms with Crippen molar-refractivity contribution in [3.8, 4) is 0 Å². The Hall–Kier alpha value is -0.730. The molecular weight excluding hydrogens is 230 g/mol. The first-order valence-electron chi connectivity index (χ1n) is 5.58. The zero-order valence-electron chi connectivity index (χ0n) is 9.61. The highest BCUT2D eigenvalue weighted by molar-refractivity contribution is 5.69. The number of rotatable bonds is 5.